The Hall–Kier alpha value is -0.530. The predicted molar refractivity (Wildman–Crippen MR) is 53.6 cm³/mol. The molecule has 0 aromatic heterocycles. The summed E-state index contributed by atoms with van der Waals surface area (Å²) in [5.74, 6) is 0.601. The van der Waals surface area contributed by atoms with Gasteiger partial charge in [0.1, 0.15) is 0 Å². The second-order valence-corrected chi connectivity index (χ2v) is 3.67. The van der Waals surface area contributed by atoms with E-state index < -0.39 is 0 Å². The Labute approximate surface area is 79.4 Å². The van der Waals surface area contributed by atoms with Gasteiger partial charge in [0.15, 0.2) is 0 Å². The van der Waals surface area contributed by atoms with Gasteiger partial charge in [0.25, 0.3) is 0 Å². The van der Waals surface area contributed by atoms with Crippen LogP contribution in [0.3, 0.4) is 0 Å². The lowest BCUT2D eigenvalue weighted by Crippen LogP contribution is -2.18. The first-order chi connectivity index (χ1) is 5.20. The van der Waals surface area contributed by atoms with Crippen LogP contribution in [0.15, 0.2) is 30.3 Å². The third-order valence-corrected chi connectivity index (χ3v) is 2.48. The van der Waals surface area contributed by atoms with E-state index in [1.807, 2.05) is 6.07 Å². The maximum absolute atomic E-state index is 5.94. The van der Waals surface area contributed by atoms with Gasteiger partial charge in [-0.15, -0.1) is 12.4 Å². The molecule has 1 aromatic rings. The minimum absolute atomic E-state index is 0. The molecule has 1 saturated carbocycles. The van der Waals surface area contributed by atoms with E-state index in [9.17, 15) is 0 Å². The van der Waals surface area contributed by atoms with Gasteiger partial charge < -0.3 is 5.73 Å². The molecular weight excluding hydrogens is 170 g/mol. The van der Waals surface area contributed by atoms with Crippen LogP contribution in [0.2, 0.25) is 0 Å². The summed E-state index contributed by atoms with van der Waals surface area (Å²) in [6.07, 6.45) is 1.14. The summed E-state index contributed by atoms with van der Waals surface area (Å²) in [6.45, 7) is 2.12. The van der Waals surface area contributed by atoms with E-state index in [1.54, 1.807) is 0 Å². The number of halogens is 1. The molecule has 1 aliphatic rings. The minimum Gasteiger partial charge on any atom is -0.325 e. The van der Waals surface area contributed by atoms with Gasteiger partial charge in [0, 0.05) is 11.5 Å². The van der Waals surface area contributed by atoms with Gasteiger partial charge in [-0.25, -0.2) is 0 Å². The van der Waals surface area contributed by atoms with Crippen LogP contribution in [-0.4, -0.2) is 5.54 Å². The van der Waals surface area contributed by atoms with Gasteiger partial charge in [0.2, 0.25) is 0 Å². The fraction of sp³-hybridized carbons (Fsp3) is 0.400. The van der Waals surface area contributed by atoms with Gasteiger partial charge in [0.05, 0.1) is 0 Å². The molecule has 0 radical (unpaired) electrons. The van der Waals surface area contributed by atoms with Gasteiger partial charge in [-0.1, -0.05) is 30.3 Å². The lowest BCUT2D eigenvalue weighted by atomic mass is 10.1. The van der Waals surface area contributed by atoms with Crippen molar-refractivity contribution >= 4 is 12.4 Å². The van der Waals surface area contributed by atoms with E-state index in [-0.39, 0.29) is 17.9 Å². The Kier molecular flexibility index (Phi) is 2.45. The van der Waals surface area contributed by atoms with Crippen molar-refractivity contribution in [1.29, 1.82) is 0 Å². The molecule has 0 heterocycles. The second kappa shape index (κ2) is 3.08. The molecule has 0 aliphatic heterocycles. The van der Waals surface area contributed by atoms with Crippen LogP contribution < -0.4 is 5.73 Å². The average molecular weight is 184 g/mol. The van der Waals surface area contributed by atoms with Crippen LogP contribution in [0.5, 0.6) is 0 Å². The monoisotopic (exact) mass is 183 g/mol. The molecule has 1 aliphatic carbocycles. The Morgan fingerprint density at radius 1 is 1.33 bits per heavy atom. The maximum Gasteiger partial charge on any atom is 0.0202 e. The van der Waals surface area contributed by atoms with Crippen molar-refractivity contribution in [3.63, 3.8) is 0 Å². The molecule has 0 unspecified atom stereocenters. The van der Waals surface area contributed by atoms with E-state index >= 15 is 0 Å². The van der Waals surface area contributed by atoms with E-state index in [0.29, 0.717) is 5.92 Å². The first kappa shape index (κ1) is 9.56. The summed E-state index contributed by atoms with van der Waals surface area (Å²) in [5, 5.41) is 0. The molecule has 1 aromatic carbocycles. The Balaban J connectivity index is 0.000000720. The van der Waals surface area contributed by atoms with Crippen LogP contribution in [0.25, 0.3) is 0 Å². The van der Waals surface area contributed by atoms with Crippen molar-refractivity contribution < 1.29 is 0 Å². The molecular formula is C10H14ClN. The largest absolute Gasteiger partial charge is 0.325 e. The molecule has 1 fully saturated rings. The molecule has 2 atom stereocenters. The molecule has 0 bridgehead atoms. The number of nitrogens with two attached hydrogens (primary N) is 1. The van der Waals surface area contributed by atoms with Crippen molar-refractivity contribution in [2.75, 3.05) is 0 Å². The molecule has 2 N–H and O–H groups in total. The number of rotatable bonds is 1. The summed E-state index contributed by atoms with van der Waals surface area (Å²) in [5.41, 5.74) is 7.40. The van der Waals surface area contributed by atoms with Crippen LogP contribution in [0, 0.1) is 0 Å². The minimum atomic E-state index is 0. The first-order valence-electron chi connectivity index (χ1n) is 4.04. The molecule has 1 nitrogen and oxygen atoms in total. The van der Waals surface area contributed by atoms with Crippen LogP contribution in [-0.2, 0) is 0 Å². The fourth-order valence-electron chi connectivity index (χ4n) is 1.56. The highest BCUT2D eigenvalue weighted by molar-refractivity contribution is 5.85. The third kappa shape index (κ3) is 1.62. The highest BCUT2D eigenvalue weighted by Gasteiger charge is 2.47. The summed E-state index contributed by atoms with van der Waals surface area (Å²) >= 11 is 0. The SMILES string of the molecule is C[C@]1(N)C[C@@H]1c1ccccc1.Cl. The zero-order valence-electron chi connectivity index (χ0n) is 7.16. The highest BCUT2D eigenvalue weighted by atomic mass is 35.5. The van der Waals surface area contributed by atoms with Gasteiger partial charge in [-0.3, -0.25) is 0 Å². The summed E-state index contributed by atoms with van der Waals surface area (Å²) in [4.78, 5) is 0. The van der Waals surface area contributed by atoms with Crippen molar-refractivity contribution in [3.05, 3.63) is 35.9 Å². The Bertz CT molecular complexity index is 256. The van der Waals surface area contributed by atoms with Gasteiger partial charge in [-0.2, -0.15) is 0 Å². The zero-order chi connectivity index (χ0) is 7.90. The smallest absolute Gasteiger partial charge is 0.0202 e. The third-order valence-electron chi connectivity index (χ3n) is 2.48. The predicted octanol–water partition coefficient (Wildman–Crippen LogP) is 2.31. The number of hydrogen-bond acceptors (Lipinski definition) is 1. The van der Waals surface area contributed by atoms with E-state index in [4.69, 9.17) is 5.73 Å². The average Bonchev–Trinajstić information content (AvgIpc) is 2.62. The lowest BCUT2D eigenvalue weighted by molar-refractivity contribution is 0.728. The van der Waals surface area contributed by atoms with E-state index in [1.165, 1.54) is 5.56 Å². The van der Waals surface area contributed by atoms with Gasteiger partial charge >= 0.3 is 0 Å². The molecule has 12 heavy (non-hydrogen) atoms. The van der Waals surface area contributed by atoms with E-state index in [2.05, 4.69) is 31.2 Å². The molecule has 0 spiro atoms. The van der Waals surface area contributed by atoms with Crippen molar-refractivity contribution in [1.82, 2.24) is 0 Å². The summed E-state index contributed by atoms with van der Waals surface area (Å²) < 4.78 is 0. The normalized spacial score (nSPS) is 32.3. The molecule has 2 heteroatoms. The summed E-state index contributed by atoms with van der Waals surface area (Å²) in [7, 11) is 0. The standard InChI is InChI=1S/C10H13N.ClH/c1-10(11)7-9(10)8-5-3-2-4-6-8;/h2-6,9H,7,11H2,1H3;1H/t9-,10+;/m1./s1. The molecule has 0 saturated heterocycles. The molecule has 66 valence electrons. The number of benzene rings is 1. The van der Waals surface area contributed by atoms with Crippen molar-refractivity contribution in [2.45, 2.75) is 24.8 Å². The highest BCUT2D eigenvalue weighted by Crippen LogP contribution is 2.48. The van der Waals surface area contributed by atoms with E-state index in [0.717, 1.165) is 6.42 Å². The fourth-order valence-corrected chi connectivity index (χ4v) is 1.56. The Morgan fingerprint density at radius 2 is 1.83 bits per heavy atom. The first-order valence-corrected chi connectivity index (χ1v) is 4.04. The second-order valence-electron chi connectivity index (χ2n) is 3.67. The topological polar surface area (TPSA) is 26.0 Å². The summed E-state index contributed by atoms with van der Waals surface area (Å²) in [6, 6.07) is 10.5. The quantitative estimate of drug-likeness (QED) is 0.711. The van der Waals surface area contributed by atoms with Crippen molar-refractivity contribution in [3.8, 4) is 0 Å². The zero-order valence-corrected chi connectivity index (χ0v) is 7.97. The lowest BCUT2D eigenvalue weighted by Gasteiger charge is -2.02. The van der Waals surface area contributed by atoms with Crippen LogP contribution >= 0.6 is 12.4 Å². The molecule has 0 amide bonds. The van der Waals surface area contributed by atoms with Crippen molar-refractivity contribution in [2.24, 2.45) is 5.73 Å². The van der Waals surface area contributed by atoms with Crippen LogP contribution in [0.1, 0.15) is 24.8 Å². The Morgan fingerprint density at radius 3 is 2.25 bits per heavy atom. The molecule has 2 rings (SSSR count). The van der Waals surface area contributed by atoms with Crippen LogP contribution in [0.4, 0.5) is 0 Å². The van der Waals surface area contributed by atoms with Gasteiger partial charge in [-0.05, 0) is 18.9 Å². The maximum atomic E-state index is 5.94. The number of hydrogen-bond donors (Lipinski definition) is 1.